The molecule has 0 fully saturated rings. The average Bonchev–Trinajstić information content (AvgIpc) is 2.88. The minimum absolute atomic E-state index is 0.210. The number of benzene rings is 3. The number of hydrogen-bond donors (Lipinski definition) is 1. The number of rotatable bonds is 6. The van der Waals surface area contributed by atoms with E-state index in [1.807, 2.05) is 91.9 Å². The van der Waals surface area contributed by atoms with Gasteiger partial charge in [0, 0.05) is 11.9 Å². The Morgan fingerprint density at radius 2 is 1.60 bits per heavy atom. The number of pyridine rings is 1. The minimum atomic E-state index is -0.652. The van der Waals surface area contributed by atoms with Crippen LogP contribution in [0.4, 0.5) is 5.69 Å². The standard InChI is InChI=1S/C28H22N4O2S/c1-19-16-17-29-24(18-19)32-27(34)22-14-8-9-15-23(22)31-28(32)35-25(20-10-4-2-5-11-20)26(33)30-21-12-6-3-7-13-21/h2-18,25H,1H3,(H,30,33). The maximum atomic E-state index is 13.6. The highest BCUT2D eigenvalue weighted by atomic mass is 32.2. The Hall–Kier alpha value is -4.23. The molecule has 1 atom stereocenters. The number of carbonyl (C=O) groups excluding carboxylic acids is 1. The van der Waals surface area contributed by atoms with Gasteiger partial charge in [-0.05, 0) is 54.4 Å². The van der Waals surface area contributed by atoms with Crippen LogP contribution < -0.4 is 10.9 Å². The van der Waals surface area contributed by atoms with Crippen LogP contribution in [0.2, 0.25) is 0 Å². The highest BCUT2D eigenvalue weighted by Crippen LogP contribution is 2.36. The van der Waals surface area contributed by atoms with Crippen molar-refractivity contribution in [2.75, 3.05) is 5.32 Å². The molecule has 0 saturated carbocycles. The Kier molecular flexibility index (Phi) is 6.41. The maximum absolute atomic E-state index is 13.6. The summed E-state index contributed by atoms with van der Waals surface area (Å²) in [4.78, 5) is 36.4. The monoisotopic (exact) mass is 478 g/mol. The third kappa shape index (κ3) is 4.85. The number of amides is 1. The molecule has 0 aliphatic heterocycles. The summed E-state index contributed by atoms with van der Waals surface area (Å²) in [7, 11) is 0. The number of fused-ring (bicyclic) bond motifs is 1. The van der Waals surface area contributed by atoms with Gasteiger partial charge in [-0.3, -0.25) is 9.59 Å². The molecule has 2 aromatic heterocycles. The number of aromatic nitrogens is 3. The van der Waals surface area contributed by atoms with E-state index in [0.29, 0.717) is 27.6 Å². The largest absolute Gasteiger partial charge is 0.325 e. The Morgan fingerprint density at radius 3 is 2.34 bits per heavy atom. The number of hydrogen-bond acceptors (Lipinski definition) is 5. The average molecular weight is 479 g/mol. The zero-order chi connectivity index (χ0) is 24.2. The molecule has 0 radical (unpaired) electrons. The highest BCUT2D eigenvalue weighted by molar-refractivity contribution is 8.00. The van der Waals surface area contributed by atoms with Gasteiger partial charge in [0.25, 0.3) is 5.56 Å². The molecule has 172 valence electrons. The van der Waals surface area contributed by atoms with Gasteiger partial charge in [0.1, 0.15) is 11.1 Å². The van der Waals surface area contributed by atoms with E-state index in [1.54, 1.807) is 18.3 Å². The Balaban J connectivity index is 1.65. The molecule has 35 heavy (non-hydrogen) atoms. The lowest BCUT2D eigenvalue weighted by molar-refractivity contribution is -0.115. The molecule has 0 aliphatic rings. The smallest absolute Gasteiger partial charge is 0.267 e. The zero-order valence-electron chi connectivity index (χ0n) is 19.0. The van der Waals surface area contributed by atoms with E-state index in [4.69, 9.17) is 4.98 Å². The van der Waals surface area contributed by atoms with Crippen molar-refractivity contribution in [1.29, 1.82) is 0 Å². The Morgan fingerprint density at radius 1 is 0.914 bits per heavy atom. The van der Waals surface area contributed by atoms with Gasteiger partial charge < -0.3 is 5.32 Å². The Bertz CT molecular complexity index is 1550. The normalized spacial score (nSPS) is 11.8. The van der Waals surface area contributed by atoms with E-state index in [9.17, 15) is 9.59 Å². The molecule has 0 saturated heterocycles. The first-order valence-corrected chi connectivity index (χ1v) is 12.0. The SMILES string of the molecule is Cc1ccnc(-n2c(SC(C(=O)Nc3ccccc3)c3ccccc3)nc3ccccc3c2=O)c1. The molecule has 7 heteroatoms. The van der Waals surface area contributed by atoms with E-state index < -0.39 is 5.25 Å². The third-order valence-electron chi connectivity index (χ3n) is 5.48. The molecular weight excluding hydrogens is 456 g/mol. The van der Waals surface area contributed by atoms with Crippen LogP contribution in [-0.2, 0) is 4.79 Å². The predicted molar refractivity (Wildman–Crippen MR) is 140 cm³/mol. The maximum Gasteiger partial charge on any atom is 0.267 e. The van der Waals surface area contributed by atoms with Gasteiger partial charge in [-0.2, -0.15) is 0 Å². The molecule has 3 aromatic carbocycles. The molecule has 2 heterocycles. The van der Waals surface area contributed by atoms with Gasteiger partial charge in [-0.25, -0.2) is 14.5 Å². The first kappa shape index (κ1) is 22.6. The molecule has 0 aliphatic carbocycles. The highest BCUT2D eigenvalue weighted by Gasteiger charge is 2.26. The molecule has 5 aromatic rings. The van der Waals surface area contributed by atoms with Crippen LogP contribution in [0.25, 0.3) is 16.7 Å². The number of aryl methyl sites for hydroxylation is 1. The quantitative estimate of drug-likeness (QED) is 0.255. The molecule has 1 N–H and O–H groups in total. The van der Waals surface area contributed by atoms with Crippen molar-refractivity contribution in [2.45, 2.75) is 17.3 Å². The van der Waals surface area contributed by atoms with E-state index >= 15 is 0 Å². The van der Waals surface area contributed by atoms with E-state index in [-0.39, 0.29) is 11.5 Å². The number of nitrogens with one attached hydrogen (secondary N) is 1. The molecule has 1 amide bonds. The predicted octanol–water partition coefficient (Wildman–Crippen LogP) is 5.56. The molecule has 1 unspecified atom stereocenters. The summed E-state index contributed by atoms with van der Waals surface area (Å²) in [5, 5.41) is 3.22. The van der Waals surface area contributed by atoms with Crippen LogP contribution >= 0.6 is 11.8 Å². The lowest BCUT2D eigenvalue weighted by atomic mass is 10.1. The fourth-order valence-corrected chi connectivity index (χ4v) is 4.87. The summed E-state index contributed by atoms with van der Waals surface area (Å²) in [5.74, 6) is 0.254. The second-order valence-electron chi connectivity index (χ2n) is 8.01. The van der Waals surface area contributed by atoms with Crippen LogP contribution in [0.15, 0.2) is 113 Å². The van der Waals surface area contributed by atoms with Crippen molar-refractivity contribution < 1.29 is 4.79 Å². The third-order valence-corrected chi connectivity index (χ3v) is 6.69. The van der Waals surface area contributed by atoms with E-state index in [1.165, 1.54) is 16.3 Å². The van der Waals surface area contributed by atoms with Gasteiger partial charge in [0.15, 0.2) is 5.16 Å². The molecule has 0 bridgehead atoms. The summed E-state index contributed by atoms with van der Waals surface area (Å²) >= 11 is 1.23. The fraction of sp³-hybridized carbons (Fsp3) is 0.0714. The molecule has 6 nitrogen and oxygen atoms in total. The summed E-state index contributed by atoms with van der Waals surface area (Å²) < 4.78 is 1.49. The van der Waals surface area contributed by atoms with Crippen molar-refractivity contribution in [2.24, 2.45) is 0 Å². The number of nitrogens with zero attached hydrogens (tertiary/aromatic N) is 3. The van der Waals surface area contributed by atoms with Crippen molar-refractivity contribution in [3.63, 3.8) is 0 Å². The van der Waals surface area contributed by atoms with Crippen LogP contribution in [0, 0.1) is 6.92 Å². The number of carbonyl (C=O) groups is 1. The summed E-state index contributed by atoms with van der Waals surface area (Å²) in [6.07, 6.45) is 1.66. The van der Waals surface area contributed by atoms with Gasteiger partial charge in [0.05, 0.1) is 10.9 Å². The van der Waals surface area contributed by atoms with Crippen LogP contribution in [0.5, 0.6) is 0 Å². The second-order valence-corrected chi connectivity index (χ2v) is 9.08. The fourth-order valence-electron chi connectivity index (χ4n) is 3.77. The lowest BCUT2D eigenvalue weighted by Gasteiger charge is -2.19. The topological polar surface area (TPSA) is 76.9 Å². The first-order chi connectivity index (χ1) is 17.1. The number of para-hydroxylation sites is 2. The number of anilines is 1. The molecule has 5 rings (SSSR count). The summed E-state index contributed by atoms with van der Waals surface area (Å²) in [6, 6.07) is 29.7. The first-order valence-electron chi connectivity index (χ1n) is 11.1. The second kappa shape index (κ2) is 9.95. The van der Waals surface area contributed by atoms with Crippen molar-refractivity contribution >= 4 is 34.3 Å². The van der Waals surface area contributed by atoms with E-state index in [2.05, 4.69) is 10.3 Å². The molecule has 0 spiro atoms. The van der Waals surface area contributed by atoms with Gasteiger partial charge in [0.2, 0.25) is 5.91 Å². The van der Waals surface area contributed by atoms with Crippen molar-refractivity contribution in [3.8, 4) is 5.82 Å². The molecular formula is C28H22N4O2S. The summed E-state index contributed by atoms with van der Waals surface area (Å²) in [5.41, 5.74) is 2.80. The van der Waals surface area contributed by atoms with Crippen LogP contribution in [0.1, 0.15) is 16.4 Å². The van der Waals surface area contributed by atoms with Crippen LogP contribution in [-0.4, -0.2) is 20.4 Å². The minimum Gasteiger partial charge on any atom is -0.325 e. The van der Waals surface area contributed by atoms with Gasteiger partial charge in [-0.1, -0.05) is 72.4 Å². The van der Waals surface area contributed by atoms with Crippen LogP contribution in [0.3, 0.4) is 0 Å². The van der Waals surface area contributed by atoms with E-state index in [0.717, 1.165) is 11.1 Å². The van der Waals surface area contributed by atoms with Gasteiger partial charge >= 0.3 is 0 Å². The zero-order valence-corrected chi connectivity index (χ0v) is 19.8. The van der Waals surface area contributed by atoms with Gasteiger partial charge in [-0.15, -0.1) is 0 Å². The lowest BCUT2D eigenvalue weighted by Crippen LogP contribution is -2.25. The summed E-state index contributed by atoms with van der Waals surface area (Å²) in [6.45, 7) is 1.94. The van der Waals surface area contributed by atoms with Crippen molar-refractivity contribution in [1.82, 2.24) is 14.5 Å². The Labute approximate surface area is 206 Å². The number of thioether (sulfide) groups is 1. The van der Waals surface area contributed by atoms with Crippen molar-refractivity contribution in [3.05, 3.63) is 125 Å².